The van der Waals surface area contributed by atoms with E-state index in [1.807, 2.05) is 0 Å². The van der Waals surface area contributed by atoms with Gasteiger partial charge in [0.1, 0.15) is 5.82 Å². The smallest absolute Gasteiger partial charge is 0.341 e. The number of esters is 1. The van der Waals surface area contributed by atoms with Gasteiger partial charge >= 0.3 is 5.97 Å². The van der Waals surface area contributed by atoms with Crippen molar-refractivity contribution in [3.8, 4) is 0 Å². The van der Waals surface area contributed by atoms with Crippen LogP contribution < -0.4 is 10.6 Å². The zero-order chi connectivity index (χ0) is 19.1. The Kier molecular flexibility index (Phi) is 6.94. The molecule has 0 aliphatic rings. The normalized spacial score (nSPS) is 11.5. The van der Waals surface area contributed by atoms with Gasteiger partial charge in [0.05, 0.1) is 17.9 Å². The topological polar surface area (TPSA) is 87.7 Å². The summed E-state index contributed by atoms with van der Waals surface area (Å²) in [4.78, 5) is 24.4. The van der Waals surface area contributed by atoms with Gasteiger partial charge in [-0.3, -0.25) is 4.79 Å². The standard InChI is InChI=1S/C18H18ClFN2O4/c1-11(17(24)22-16-7-6-12(19)10-14(16)20)26-18(25)13-4-2-3-5-15(13)21-8-9-23/h2-7,10-11,21,23H,8-9H2,1H3,(H,22,24)/t11-/m0/s1. The van der Waals surface area contributed by atoms with Crippen LogP contribution in [-0.2, 0) is 9.53 Å². The molecular formula is C18H18ClFN2O4. The van der Waals surface area contributed by atoms with E-state index in [2.05, 4.69) is 10.6 Å². The van der Waals surface area contributed by atoms with E-state index in [1.54, 1.807) is 18.2 Å². The molecule has 0 bridgehead atoms. The zero-order valence-corrected chi connectivity index (χ0v) is 14.7. The van der Waals surface area contributed by atoms with Crippen molar-refractivity contribution in [2.75, 3.05) is 23.8 Å². The van der Waals surface area contributed by atoms with Crippen LogP contribution in [0.1, 0.15) is 17.3 Å². The number of hydrogen-bond acceptors (Lipinski definition) is 5. The third-order valence-corrected chi connectivity index (χ3v) is 3.65. The number of benzene rings is 2. The Hall–Kier alpha value is -2.64. The fourth-order valence-corrected chi connectivity index (χ4v) is 2.27. The van der Waals surface area contributed by atoms with Crippen molar-refractivity contribution in [1.82, 2.24) is 0 Å². The van der Waals surface area contributed by atoms with Crippen LogP contribution in [0.3, 0.4) is 0 Å². The van der Waals surface area contributed by atoms with Crippen molar-refractivity contribution in [2.45, 2.75) is 13.0 Å². The van der Waals surface area contributed by atoms with E-state index in [-0.39, 0.29) is 29.4 Å². The van der Waals surface area contributed by atoms with Crippen molar-refractivity contribution in [1.29, 1.82) is 0 Å². The minimum atomic E-state index is -1.15. The lowest BCUT2D eigenvalue weighted by Crippen LogP contribution is -2.30. The molecule has 2 aromatic rings. The predicted molar refractivity (Wildman–Crippen MR) is 96.9 cm³/mol. The summed E-state index contributed by atoms with van der Waals surface area (Å²) in [6.45, 7) is 1.54. The second kappa shape index (κ2) is 9.17. The molecule has 3 N–H and O–H groups in total. The molecule has 1 atom stereocenters. The third kappa shape index (κ3) is 5.18. The molecule has 2 aromatic carbocycles. The average Bonchev–Trinajstić information content (AvgIpc) is 2.62. The number of amides is 1. The number of aliphatic hydroxyl groups excluding tert-OH is 1. The number of carbonyl (C=O) groups excluding carboxylic acids is 2. The molecule has 0 aromatic heterocycles. The van der Waals surface area contributed by atoms with Crippen LogP contribution in [0.4, 0.5) is 15.8 Å². The molecule has 0 heterocycles. The average molecular weight is 381 g/mol. The Balaban J connectivity index is 2.03. The summed E-state index contributed by atoms with van der Waals surface area (Å²) < 4.78 is 18.9. The van der Waals surface area contributed by atoms with Crippen molar-refractivity contribution < 1.29 is 23.8 Å². The molecule has 26 heavy (non-hydrogen) atoms. The fourth-order valence-electron chi connectivity index (χ4n) is 2.11. The first-order valence-corrected chi connectivity index (χ1v) is 8.21. The van der Waals surface area contributed by atoms with Gasteiger partial charge in [-0.25, -0.2) is 9.18 Å². The zero-order valence-electron chi connectivity index (χ0n) is 14.0. The minimum Gasteiger partial charge on any atom is -0.449 e. The van der Waals surface area contributed by atoms with Gasteiger partial charge in [0.2, 0.25) is 0 Å². The molecule has 0 spiro atoms. The molecule has 6 nitrogen and oxygen atoms in total. The largest absolute Gasteiger partial charge is 0.449 e. The molecule has 0 saturated heterocycles. The molecule has 138 valence electrons. The Bertz CT molecular complexity index is 801. The number of ether oxygens (including phenoxy) is 1. The lowest BCUT2D eigenvalue weighted by atomic mass is 10.1. The highest BCUT2D eigenvalue weighted by Gasteiger charge is 2.21. The van der Waals surface area contributed by atoms with E-state index in [1.165, 1.54) is 25.1 Å². The minimum absolute atomic E-state index is 0.0627. The fraction of sp³-hybridized carbons (Fsp3) is 0.222. The molecule has 1 amide bonds. The number of nitrogens with one attached hydrogen (secondary N) is 2. The first-order chi connectivity index (χ1) is 12.4. The van der Waals surface area contributed by atoms with Crippen molar-refractivity contribution in [3.63, 3.8) is 0 Å². The number of carbonyl (C=O) groups is 2. The Morgan fingerprint density at radius 1 is 1.23 bits per heavy atom. The lowest BCUT2D eigenvalue weighted by Gasteiger charge is -2.16. The Labute approximate surface area is 154 Å². The van der Waals surface area contributed by atoms with E-state index in [4.69, 9.17) is 21.4 Å². The number of para-hydroxylation sites is 1. The van der Waals surface area contributed by atoms with E-state index in [0.29, 0.717) is 5.69 Å². The SMILES string of the molecule is C[C@H](OC(=O)c1ccccc1NCCO)C(=O)Nc1ccc(Cl)cc1F. The number of rotatable bonds is 7. The van der Waals surface area contributed by atoms with E-state index < -0.39 is 23.8 Å². The van der Waals surface area contributed by atoms with Crippen LogP contribution in [0.5, 0.6) is 0 Å². The Morgan fingerprint density at radius 2 is 1.96 bits per heavy atom. The quantitative estimate of drug-likeness (QED) is 0.642. The maximum absolute atomic E-state index is 13.7. The van der Waals surface area contributed by atoms with Gasteiger partial charge in [-0.15, -0.1) is 0 Å². The van der Waals surface area contributed by atoms with Crippen LogP contribution in [0, 0.1) is 5.82 Å². The van der Waals surface area contributed by atoms with Crippen LogP contribution in [-0.4, -0.2) is 36.2 Å². The van der Waals surface area contributed by atoms with Crippen LogP contribution in [0.25, 0.3) is 0 Å². The maximum atomic E-state index is 13.7. The number of hydrogen-bond donors (Lipinski definition) is 3. The highest BCUT2D eigenvalue weighted by Crippen LogP contribution is 2.20. The highest BCUT2D eigenvalue weighted by atomic mass is 35.5. The van der Waals surface area contributed by atoms with Gasteiger partial charge < -0.3 is 20.5 Å². The summed E-state index contributed by atoms with van der Waals surface area (Å²) in [7, 11) is 0. The summed E-state index contributed by atoms with van der Waals surface area (Å²) in [6.07, 6.45) is -1.15. The summed E-state index contributed by atoms with van der Waals surface area (Å²) in [6, 6.07) is 10.4. The van der Waals surface area contributed by atoms with Gasteiger partial charge in [0.15, 0.2) is 6.10 Å². The second-order valence-corrected chi connectivity index (χ2v) is 5.79. The van der Waals surface area contributed by atoms with Gasteiger partial charge in [-0.05, 0) is 37.3 Å². The van der Waals surface area contributed by atoms with E-state index in [9.17, 15) is 14.0 Å². The summed E-state index contributed by atoms with van der Waals surface area (Å²) in [5, 5.41) is 14.3. The lowest BCUT2D eigenvalue weighted by molar-refractivity contribution is -0.123. The van der Waals surface area contributed by atoms with Gasteiger partial charge in [-0.1, -0.05) is 23.7 Å². The first-order valence-electron chi connectivity index (χ1n) is 7.83. The highest BCUT2D eigenvalue weighted by molar-refractivity contribution is 6.30. The summed E-state index contributed by atoms with van der Waals surface area (Å²) in [5.74, 6) is -2.09. The predicted octanol–water partition coefficient (Wildman–Crippen LogP) is 3.07. The van der Waals surface area contributed by atoms with Crippen molar-refractivity contribution in [3.05, 3.63) is 58.9 Å². The summed E-state index contributed by atoms with van der Waals surface area (Å²) >= 11 is 5.66. The molecule has 0 radical (unpaired) electrons. The number of aliphatic hydroxyl groups is 1. The van der Waals surface area contributed by atoms with Gasteiger partial charge in [0, 0.05) is 17.3 Å². The third-order valence-electron chi connectivity index (χ3n) is 3.42. The van der Waals surface area contributed by atoms with Crippen LogP contribution in [0.15, 0.2) is 42.5 Å². The van der Waals surface area contributed by atoms with Crippen molar-refractivity contribution >= 4 is 34.9 Å². The molecular weight excluding hydrogens is 363 g/mol. The van der Waals surface area contributed by atoms with E-state index >= 15 is 0 Å². The monoisotopic (exact) mass is 380 g/mol. The van der Waals surface area contributed by atoms with Crippen LogP contribution >= 0.6 is 11.6 Å². The number of halogens is 2. The second-order valence-electron chi connectivity index (χ2n) is 5.36. The van der Waals surface area contributed by atoms with Crippen LogP contribution in [0.2, 0.25) is 5.02 Å². The Morgan fingerprint density at radius 3 is 2.65 bits per heavy atom. The number of anilines is 2. The maximum Gasteiger partial charge on any atom is 0.341 e. The summed E-state index contributed by atoms with van der Waals surface area (Å²) in [5.41, 5.74) is 0.633. The van der Waals surface area contributed by atoms with Crippen molar-refractivity contribution in [2.24, 2.45) is 0 Å². The first kappa shape index (κ1) is 19.7. The molecule has 8 heteroatoms. The molecule has 0 saturated carbocycles. The van der Waals surface area contributed by atoms with Gasteiger partial charge in [-0.2, -0.15) is 0 Å². The van der Waals surface area contributed by atoms with E-state index in [0.717, 1.165) is 6.07 Å². The molecule has 2 rings (SSSR count). The molecule has 0 aliphatic heterocycles. The molecule has 0 aliphatic carbocycles. The molecule has 0 fully saturated rings. The molecule has 0 unspecified atom stereocenters. The van der Waals surface area contributed by atoms with Gasteiger partial charge in [0.25, 0.3) is 5.91 Å².